The molecule has 3 N–H and O–H groups in total. The number of allylic oxidation sites excluding steroid dienone is 4. The number of hydrogen-bond acceptors (Lipinski definition) is 3. The molecule has 0 heterocycles. The Labute approximate surface area is 240 Å². The summed E-state index contributed by atoms with van der Waals surface area (Å²) in [6, 6.07) is 24.9. The van der Waals surface area contributed by atoms with E-state index in [0.717, 1.165) is 12.8 Å². The normalized spacial score (nSPS) is 10.0. The van der Waals surface area contributed by atoms with Crippen molar-refractivity contribution in [2.24, 2.45) is 0 Å². The van der Waals surface area contributed by atoms with Crippen molar-refractivity contribution in [3.63, 3.8) is 0 Å². The number of hydrogen-bond donors (Lipinski definition) is 3. The summed E-state index contributed by atoms with van der Waals surface area (Å²) in [5.74, 6) is -2.64. The van der Waals surface area contributed by atoms with Gasteiger partial charge in [-0.2, -0.15) is 12.5 Å². The van der Waals surface area contributed by atoms with Crippen LogP contribution >= 0.6 is 0 Å². The SMILES string of the molecule is CC1=CC[C-]=C1.O=C(O)c1ccccc1.O=C(O)c1ccccc1.O=C(O)c1ccccc1.[CH2-]CCC.[Ti+2]. The molecule has 6 nitrogen and oxygen atoms in total. The zero-order valence-corrected chi connectivity index (χ0v) is 23.3. The summed E-state index contributed by atoms with van der Waals surface area (Å²) >= 11 is 0. The number of unbranched alkanes of at least 4 members (excludes halogenated alkanes) is 1. The van der Waals surface area contributed by atoms with Gasteiger partial charge >= 0.3 is 39.6 Å². The average molecular weight is 550 g/mol. The van der Waals surface area contributed by atoms with Gasteiger partial charge in [0.1, 0.15) is 0 Å². The summed E-state index contributed by atoms with van der Waals surface area (Å²) in [4.78, 5) is 30.6. The topological polar surface area (TPSA) is 112 Å². The molecule has 0 saturated carbocycles. The third-order valence-corrected chi connectivity index (χ3v) is 4.29. The smallest absolute Gasteiger partial charge is 0.478 e. The second kappa shape index (κ2) is 23.7. The van der Waals surface area contributed by atoms with Crippen molar-refractivity contribution in [1.82, 2.24) is 0 Å². The Bertz CT molecular complexity index is 973. The van der Waals surface area contributed by atoms with Gasteiger partial charge in [0, 0.05) is 0 Å². The molecular weight excluding hydrogens is 516 g/mol. The van der Waals surface area contributed by atoms with Crippen LogP contribution < -0.4 is 0 Å². The number of carboxylic acid groups (broad SMARTS) is 3. The van der Waals surface area contributed by atoms with E-state index in [1.807, 2.05) is 6.08 Å². The minimum Gasteiger partial charge on any atom is -0.478 e. The Kier molecular flexibility index (Phi) is 22.7. The first-order chi connectivity index (χ1) is 17.7. The molecule has 0 bridgehead atoms. The summed E-state index contributed by atoms with van der Waals surface area (Å²) in [6.07, 6.45) is 10.5. The van der Waals surface area contributed by atoms with Crippen LogP contribution in [0.25, 0.3) is 0 Å². The van der Waals surface area contributed by atoms with Gasteiger partial charge in [0.2, 0.25) is 0 Å². The Balaban J connectivity index is 0. The number of benzene rings is 3. The molecule has 0 aliphatic heterocycles. The van der Waals surface area contributed by atoms with Gasteiger partial charge < -0.3 is 22.2 Å². The maximum Gasteiger partial charge on any atom is 2.00 e. The fraction of sp³-hybridized carbons (Fsp3) is 0.161. The molecule has 1 aliphatic carbocycles. The molecule has 3 aromatic carbocycles. The van der Waals surface area contributed by atoms with Gasteiger partial charge in [0.25, 0.3) is 0 Å². The molecule has 0 fully saturated rings. The minimum absolute atomic E-state index is 0. The van der Waals surface area contributed by atoms with E-state index in [1.165, 1.54) is 12.0 Å². The van der Waals surface area contributed by atoms with Crippen molar-refractivity contribution in [1.29, 1.82) is 0 Å². The average Bonchev–Trinajstić information content (AvgIpc) is 3.42. The van der Waals surface area contributed by atoms with Crippen molar-refractivity contribution in [3.05, 3.63) is 138 Å². The molecule has 7 heteroatoms. The molecule has 0 atom stereocenters. The molecule has 4 rings (SSSR count). The Morgan fingerprint density at radius 2 is 1.00 bits per heavy atom. The number of aromatic carboxylic acids is 3. The van der Waals surface area contributed by atoms with Crippen molar-refractivity contribution in [2.75, 3.05) is 0 Å². The van der Waals surface area contributed by atoms with Crippen LogP contribution in [0.1, 0.15) is 64.2 Å². The van der Waals surface area contributed by atoms with E-state index in [9.17, 15) is 14.4 Å². The van der Waals surface area contributed by atoms with E-state index in [4.69, 9.17) is 15.3 Å². The van der Waals surface area contributed by atoms with Crippen LogP contribution in [0.2, 0.25) is 0 Å². The van der Waals surface area contributed by atoms with E-state index < -0.39 is 17.9 Å². The van der Waals surface area contributed by atoms with E-state index in [-0.39, 0.29) is 21.7 Å². The first kappa shape index (κ1) is 36.4. The molecule has 38 heavy (non-hydrogen) atoms. The molecule has 0 unspecified atom stereocenters. The number of rotatable bonds is 4. The van der Waals surface area contributed by atoms with Crippen molar-refractivity contribution >= 4 is 17.9 Å². The third kappa shape index (κ3) is 19.5. The summed E-state index contributed by atoms with van der Waals surface area (Å²) < 4.78 is 0. The molecule has 0 amide bonds. The maximum absolute atomic E-state index is 10.2. The van der Waals surface area contributed by atoms with Crippen LogP contribution in [0.15, 0.2) is 109 Å². The van der Waals surface area contributed by atoms with Crippen LogP contribution in [-0.4, -0.2) is 33.2 Å². The summed E-state index contributed by atoms with van der Waals surface area (Å²) in [6.45, 7) is 7.81. The Morgan fingerprint density at radius 3 is 1.11 bits per heavy atom. The van der Waals surface area contributed by atoms with Crippen LogP contribution in [0.3, 0.4) is 0 Å². The second-order valence-corrected chi connectivity index (χ2v) is 7.37. The zero-order valence-electron chi connectivity index (χ0n) is 21.7. The van der Waals surface area contributed by atoms with Gasteiger partial charge in [0.15, 0.2) is 0 Å². The van der Waals surface area contributed by atoms with Crippen LogP contribution in [0.5, 0.6) is 0 Å². The molecule has 0 spiro atoms. The summed E-state index contributed by atoms with van der Waals surface area (Å²) in [7, 11) is 0. The quantitative estimate of drug-likeness (QED) is 0.230. The van der Waals surface area contributed by atoms with Gasteiger partial charge in [-0.25, -0.2) is 26.0 Å². The van der Waals surface area contributed by atoms with E-state index >= 15 is 0 Å². The summed E-state index contributed by atoms with van der Waals surface area (Å²) in [5.41, 5.74) is 2.34. The molecule has 0 aromatic heterocycles. The Morgan fingerprint density at radius 1 is 0.711 bits per heavy atom. The van der Waals surface area contributed by atoms with Crippen molar-refractivity contribution in [2.45, 2.75) is 33.1 Å². The predicted molar refractivity (Wildman–Crippen MR) is 147 cm³/mol. The van der Waals surface area contributed by atoms with E-state index in [0.29, 0.717) is 16.7 Å². The fourth-order valence-corrected chi connectivity index (χ4v) is 2.24. The standard InChI is InChI=1S/3C7H6O2.C6H7.C4H9.Ti/c3*8-7(9)6-4-2-1-3-5-6;1-6-4-2-3-5-6;1-3-4-2;/h3*1-5H,(H,8,9);4-5H,2H2,1H3;1,3-4H2,2H3;/q;;;2*-1;+2. The predicted octanol–water partition coefficient (Wildman–Crippen LogP) is 7.47. The zero-order chi connectivity index (χ0) is 27.9. The van der Waals surface area contributed by atoms with E-state index in [2.05, 4.69) is 32.9 Å². The van der Waals surface area contributed by atoms with E-state index in [1.54, 1.807) is 91.0 Å². The summed E-state index contributed by atoms with van der Waals surface area (Å²) in [5, 5.41) is 25.2. The first-order valence-corrected chi connectivity index (χ1v) is 11.6. The molecule has 3 aromatic rings. The monoisotopic (exact) mass is 550 g/mol. The molecule has 1 aliphatic rings. The van der Waals surface area contributed by atoms with Crippen LogP contribution in [-0.2, 0) is 21.7 Å². The van der Waals surface area contributed by atoms with Crippen molar-refractivity contribution < 1.29 is 51.4 Å². The Hall–Kier alpha value is -3.74. The molecule has 0 radical (unpaired) electrons. The van der Waals surface area contributed by atoms with Crippen LogP contribution in [0.4, 0.5) is 0 Å². The van der Waals surface area contributed by atoms with Gasteiger partial charge in [-0.05, 0) is 36.4 Å². The third-order valence-electron chi connectivity index (χ3n) is 4.29. The van der Waals surface area contributed by atoms with Crippen molar-refractivity contribution in [3.8, 4) is 0 Å². The first-order valence-electron chi connectivity index (χ1n) is 11.6. The minimum atomic E-state index is -0.879. The van der Waals surface area contributed by atoms with Gasteiger partial charge in [-0.3, -0.25) is 6.08 Å². The van der Waals surface area contributed by atoms with Gasteiger partial charge in [-0.15, -0.1) is 13.3 Å². The maximum atomic E-state index is 10.2. The second-order valence-electron chi connectivity index (χ2n) is 7.37. The van der Waals surface area contributed by atoms with Gasteiger partial charge in [0.05, 0.1) is 16.7 Å². The number of carboxylic acids is 3. The molecular formula is C31H34O6Ti. The molecule has 198 valence electrons. The largest absolute Gasteiger partial charge is 2.00 e. The number of carbonyl (C=O) groups is 3. The van der Waals surface area contributed by atoms with Gasteiger partial charge in [-0.1, -0.05) is 67.9 Å². The van der Waals surface area contributed by atoms with Crippen LogP contribution in [0, 0.1) is 13.0 Å². The fourth-order valence-electron chi connectivity index (χ4n) is 2.24. The molecule has 0 saturated heterocycles.